The Morgan fingerprint density at radius 1 is 1.31 bits per heavy atom. The van der Waals surface area contributed by atoms with E-state index in [0.29, 0.717) is 5.92 Å². The lowest BCUT2D eigenvalue weighted by atomic mass is 10.0. The fraction of sp³-hybridized carbons (Fsp3) is 0.308. The topological polar surface area (TPSA) is 50.9 Å². The molecule has 0 bridgehead atoms. The Morgan fingerprint density at radius 2 is 2.06 bits per heavy atom. The molecule has 3 heteroatoms. The Balaban J connectivity index is 2.76. The zero-order chi connectivity index (χ0) is 11.7. The van der Waals surface area contributed by atoms with Gasteiger partial charge in [-0.3, -0.25) is 10.8 Å². The zero-order valence-electron chi connectivity index (χ0n) is 9.91. The third-order valence-electron chi connectivity index (χ3n) is 2.78. The number of hydrazine groups is 1. The van der Waals surface area contributed by atoms with Gasteiger partial charge in [0.15, 0.2) is 0 Å². The molecule has 16 heavy (non-hydrogen) atoms. The third kappa shape index (κ3) is 1.74. The van der Waals surface area contributed by atoms with Crippen molar-refractivity contribution in [3.63, 3.8) is 0 Å². The first kappa shape index (κ1) is 10.9. The van der Waals surface area contributed by atoms with Crippen LogP contribution in [0.25, 0.3) is 10.9 Å². The van der Waals surface area contributed by atoms with Gasteiger partial charge in [-0.15, -0.1) is 0 Å². The average molecular weight is 215 g/mol. The van der Waals surface area contributed by atoms with Crippen molar-refractivity contribution in [1.29, 1.82) is 0 Å². The number of hydrogen-bond donors (Lipinski definition) is 2. The van der Waals surface area contributed by atoms with Gasteiger partial charge in [0.2, 0.25) is 0 Å². The summed E-state index contributed by atoms with van der Waals surface area (Å²) in [5, 5.41) is 1.12. The molecule has 0 aliphatic heterocycles. The Bertz CT molecular complexity index is 518. The summed E-state index contributed by atoms with van der Waals surface area (Å²) in [6, 6.07) is 8.23. The highest BCUT2D eigenvalue weighted by Crippen LogP contribution is 2.27. The predicted molar refractivity (Wildman–Crippen MR) is 68.4 cm³/mol. The number of anilines is 1. The molecule has 0 aliphatic carbocycles. The van der Waals surface area contributed by atoms with E-state index in [2.05, 4.69) is 44.4 Å². The van der Waals surface area contributed by atoms with Gasteiger partial charge < -0.3 is 5.43 Å². The molecular formula is C13H17N3. The molecule has 3 N–H and O–H groups in total. The summed E-state index contributed by atoms with van der Waals surface area (Å²) in [5.41, 5.74) is 6.91. The molecule has 0 spiro atoms. The van der Waals surface area contributed by atoms with E-state index in [1.54, 1.807) is 0 Å². The Morgan fingerprint density at radius 3 is 2.69 bits per heavy atom. The number of aromatic nitrogens is 1. The number of pyridine rings is 1. The molecule has 0 saturated carbocycles. The van der Waals surface area contributed by atoms with Crippen molar-refractivity contribution >= 4 is 16.6 Å². The van der Waals surface area contributed by atoms with Crippen LogP contribution in [0.4, 0.5) is 5.69 Å². The number of rotatable bonds is 2. The van der Waals surface area contributed by atoms with Gasteiger partial charge in [0.25, 0.3) is 0 Å². The maximum Gasteiger partial charge on any atom is 0.0736 e. The molecule has 0 aliphatic rings. The van der Waals surface area contributed by atoms with Crippen LogP contribution in [0.2, 0.25) is 0 Å². The molecule has 0 saturated heterocycles. The third-order valence-corrected chi connectivity index (χ3v) is 2.78. The number of nitrogens with zero attached hydrogens (tertiary/aromatic N) is 1. The van der Waals surface area contributed by atoms with E-state index >= 15 is 0 Å². The number of hydrogen-bond acceptors (Lipinski definition) is 3. The second kappa shape index (κ2) is 4.10. The lowest BCUT2D eigenvalue weighted by Gasteiger charge is -2.13. The zero-order valence-corrected chi connectivity index (χ0v) is 9.91. The number of nitrogen functional groups attached to an aromatic ring is 1. The fourth-order valence-corrected chi connectivity index (χ4v) is 1.92. The Kier molecular flexibility index (Phi) is 2.79. The largest absolute Gasteiger partial charge is 0.322 e. The van der Waals surface area contributed by atoms with Crippen LogP contribution >= 0.6 is 0 Å². The quantitative estimate of drug-likeness (QED) is 0.598. The number of nitrogens with two attached hydrogens (primary N) is 1. The van der Waals surface area contributed by atoms with Crippen molar-refractivity contribution in [3.05, 3.63) is 35.5 Å². The molecular weight excluding hydrogens is 198 g/mol. The van der Waals surface area contributed by atoms with Gasteiger partial charge in [0.05, 0.1) is 16.9 Å². The summed E-state index contributed by atoms with van der Waals surface area (Å²) < 4.78 is 0. The van der Waals surface area contributed by atoms with Crippen molar-refractivity contribution in [3.8, 4) is 0 Å². The lowest BCUT2D eigenvalue weighted by Crippen LogP contribution is -2.11. The van der Waals surface area contributed by atoms with Crippen molar-refractivity contribution in [2.45, 2.75) is 26.7 Å². The number of nitrogens with one attached hydrogen (secondary N) is 1. The Hall–Kier alpha value is -1.61. The number of para-hydroxylation sites is 1. The van der Waals surface area contributed by atoms with E-state index in [9.17, 15) is 0 Å². The summed E-state index contributed by atoms with van der Waals surface area (Å²) >= 11 is 0. The van der Waals surface area contributed by atoms with Crippen molar-refractivity contribution in [1.82, 2.24) is 4.98 Å². The van der Waals surface area contributed by atoms with Gasteiger partial charge in [-0.05, 0) is 24.5 Å². The molecule has 1 aromatic heterocycles. The van der Waals surface area contributed by atoms with Gasteiger partial charge in [0, 0.05) is 5.39 Å². The first-order valence-corrected chi connectivity index (χ1v) is 5.50. The molecule has 84 valence electrons. The van der Waals surface area contributed by atoms with Gasteiger partial charge in [-0.1, -0.05) is 32.0 Å². The average Bonchev–Trinajstić information content (AvgIpc) is 2.27. The highest BCUT2D eigenvalue weighted by Gasteiger charge is 2.10. The molecule has 2 rings (SSSR count). The molecule has 1 aromatic carbocycles. The highest BCUT2D eigenvalue weighted by atomic mass is 15.2. The van der Waals surface area contributed by atoms with Gasteiger partial charge in [0.1, 0.15) is 0 Å². The van der Waals surface area contributed by atoms with Crippen molar-refractivity contribution in [2.75, 3.05) is 5.43 Å². The summed E-state index contributed by atoms with van der Waals surface area (Å²) in [7, 11) is 0. The first-order chi connectivity index (χ1) is 7.63. The van der Waals surface area contributed by atoms with Crippen LogP contribution in [-0.2, 0) is 0 Å². The fourth-order valence-electron chi connectivity index (χ4n) is 1.92. The number of benzene rings is 1. The molecule has 0 fully saturated rings. The van der Waals surface area contributed by atoms with E-state index in [1.165, 1.54) is 5.56 Å². The monoisotopic (exact) mass is 215 g/mol. The minimum Gasteiger partial charge on any atom is -0.322 e. The van der Waals surface area contributed by atoms with Gasteiger partial charge >= 0.3 is 0 Å². The lowest BCUT2D eigenvalue weighted by molar-refractivity contribution is 0.830. The van der Waals surface area contributed by atoms with E-state index < -0.39 is 0 Å². The molecule has 0 radical (unpaired) electrons. The van der Waals surface area contributed by atoms with E-state index in [1.807, 2.05) is 6.07 Å². The standard InChI is InChI=1S/C13H17N3/c1-8(2)12-11(16-14)7-10-6-4-5-9(3)13(10)15-12/h4-8,16H,14H2,1-3H3. The maximum atomic E-state index is 5.53. The van der Waals surface area contributed by atoms with Crippen LogP contribution in [0.15, 0.2) is 24.3 Å². The second-order valence-corrected chi connectivity index (χ2v) is 4.37. The second-order valence-electron chi connectivity index (χ2n) is 4.37. The van der Waals surface area contributed by atoms with Crippen LogP contribution in [0, 0.1) is 6.92 Å². The Labute approximate surface area is 95.7 Å². The SMILES string of the molecule is Cc1cccc2cc(NN)c(C(C)C)nc12. The van der Waals surface area contributed by atoms with E-state index in [4.69, 9.17) is 10.8 Å². The predicted octanol–water partition coefficient (Wildman–Crippen LogP) is 2.95. The van der Waals surface area contributed by atoms with Gasteiger partial charge in [-0.2, -0.15) is 0 Å². The van der Waals surface area contributed by atoms with Crippen LogP contribution in [0.1, 0.15) is 31.0 Å². The van der Waals surface area contributed by atoms with Crippen molar-refractivity contribution in [2.24, 2.45) is 5.84 Å². The van der Waals surface area contributed by atoms with Crippen LogP contribution in [0.5, 0.6) is 0 Å². The number of aryl methyl sites for hydroxylation is 1. The summed E-state index contributed by atoms with van der Waals surface area (Å²) in [4.78, 5) is 4.70. The molecule has 0 atom stereocenters. The van der Waals surface area contributed by atoms with E-state index in [-0.39, 0.29) is 0 Å². The molecule has 2 aromatic rings. The van der Waals surface area contributed by atoms with Crippen molar-refractivity contribution < 1.29 is 0 Å². The normalized spacial score (nSPS) is 11.1. The summed E-state index contributed by atoms with van der Waals surface area (Å²) in [5.74, 6) is 5.88. The van der Waals surface area contributed by atoms with Gasteiger partial charge in [-0.25, -0.2) is 0 Å². The molecule has 3 nitrogen and oxygen atoms in total. The maximum absolute atomic E-state index is 5.53. The smallest absolute Gasteiger partial charge is 0.0736 e. The molecule has 0 unspecified atom stereocenters. The van der Waals surface area contributed by atoms with Crippen LogP contribution < -0.4 is 11.3 Å². The highest BCUT2D eigenvalue weighted by molar-refractivity contribution is 5.85. The minimum atomic E-state index is 0.357. The van der Waals surface area contributed by atoms with Crippen LogP contribution in [-0.4, -0.2) is 4.98 Å². The first-order valence-electron chi connectivity index (χ1n) is 5.50. The molecule has 1 heterocycles. The van der Waals surface area contributed by atoms with E-state index in [0.717, 1.165) is 22.3 Å². The number of fused-ring (bicyclic) bond motifs is 1. The summed E-state index contributed by atoms with van der Waals surface area (Å²) in [6.07, 6.45) is 0. The van der Waals surface area contributed by atoms with Crippen LogP contribution in [0.3, 0.4) is 0 Å². The minimum absolute atomic E-state index is 0.357. The summed E-state index contributed by atoms with van der Waals surface area (Å²) in [6.45, 7) is 6.32. The molecule has 0 amide bonds.